The van der Waals surface area contributed by atoms with Crippen LogP contribution < -0.4 is 10.1 Å². The third-order valence-corrected chi connectivity index (χ3v) is 4.01. The number of hydrogen-bond donors (Lipinski definition) is 1. The molecule has 1 heterocycles. The van der Waals surface area contributed by atoms with E-state index in [1.807, 2.05) is 30.5 Å². The van der Waals surface area contributed by atoms with Gasteiger partial charge in [-0.1, -0.05) is 18.5 Å². The molecule has 0 aliphatic heterocycles. The maximum absolute atomic E-state index is 6.15. The Morgan fingerprint density at radius 1 is 1.29 bits per heavy atom. The molecule has 0 unspecified atom stereocenters. The van der Waals surface area contributed by atoms with E-state index in [-0.39, 0.29) is 0 Å². The van der Waals surface area contributed by atoms with Gasteiger partial charge in [-0.05, 0) is 49.1 Å². The van der Waals surface area contributed by atoms with Gasteiger partial charge >= 0.3 is 0 Å². The number of nitrogens with zero attached hydrogens (tertiary/aromatic N) is 1. The first-order valence-corrected chi connectivity index (χ1v) is 7.76. The molecular weight excluding hydrogens is 284 g/mol. The molecule has 2 aromatic rings. The van der Waals surface area contributed by atoms with Crippen LogP contribution in [0.5, 0.6) is 11.5 Å². The van der Waals surface area contributed by atoms with Gasteiger partial charge in [0, 0.05) is 35.6 Å². The molecule has 1 aromatic carbocycles. The van der Waals surface area contributed by atoms with Gasteiger partial charge in [-0.2, -0.15) is 0 Å². The van der Waals surface area contributed by atoms with Crippen molar-refractivity contribution in [1.29, 1.82) is 0 Å². The Morgan fingerprint density at radius 2 is 2.14 bits per heavy atom. The second kappa shape index (κ2) is 6.46. The average Bonchev–Trinajstić information content (AvgIpc) is 3.32. The Kier molecular flexibility index (Phi) is 4.42. The van der Waals surface area contributed by atoms with Crippen molar-refractivity contribution in [2.75, 3.05) is 0 Å². The molecule has 1 N–H and O–H groups in total. The minimum Gasteiger partial charge on any atom is -0.457 e. The predicted octanol–water partition coefficient (Wildman–Crippen LogP) is 4.34. The van der Waals surface area contributed by atoms with Crippen LogP contribution in [0.15, 0.2) is 36.7 Å². The summed E-state index contributed by atoms with van der Waals surface area (Å²) in [7, 11) is 0. The van der Waals surface area contributed by atoms with Crippen LogP contribution >= 0.6 is 11.6 Å². The summed E-state index contributed by atoms with van der Waals surface area (Å²) in [5, 5.41) is 4.28. The Labute approximate surface area is 130 Å². The standard InChI is InChI=1S/C17H19ClN2O/c1-2-12-9-15(5-6-16(12)18)21-17-7-8-19-10-13(17)11-20-14-3-4-14/h5-10,14,20H,2-4,11H2,1H3. The lowest BCUT2D eigenvalue weighted by Gasteiger charge is -2.12. The molecule has 0 saturated heterocycles. The molecule has 4 heteroatoms. The number of ether oxygens (including phenoxy) is 1. The molecule has 0 atom stereocenters. The van der Waals surface area contributed by atoms with E-state index >= 15 is 0 Å². The first-order valence-electron chi connectivity index (χ1n) is 7.39. The fourth-order valence-corrected chi connectivity index (χ4v) is 2.45. The Balaban J connectivity index is 1.77. The summed E-state index contributed by atoms with van der Waals surface area (Å²) < 4.78 is 6.02. The van der Waals surface area contributed by atoms with Crippen molar-refractivity contribution in [3.05, 3.63) is 52.8 Å². The lowest BCUT2D eigenvalue weighted by atomic mass is 10.1. The van der Waals surface area contributed by atoms with Gasteiger partial charge in [-0.15, -0.1) is 0 Å². The second-order valence-electron chi connectivity index (χ2n) is 5.35. The third-order valence-electron chi connectivity index (χ3n) is 3.64. The van der Waals surface area contributed by atoms with E-state index < -0.39 is 0 Å². The molecule has 0 radical (unpaired) electrons. The maximum Gasteiger partial charge on any atom is 0.134 e. The van der Waals surface area contributed by atoms with Crippen LogP contribution in [0.4, 0.5) is 0 Å². The van der Waals surface area contributed by atoms with Crippen LogP contribution in [0.3, 0.4) is 0 Å². The molecule has 1 fully saturated rings. The highest BCUT2D eigenvalue weighted by Gasteiger charge is 2.20. The molecule has 3 rings (SSSR count). The Morgan fingerprint density at radius 3 is 2.90 bits per heavy atom. The normalized spacial score (nSPS) is 14.2. The molecule has 1 saturated carbocycles. The SMILES string of the molecule is CCc1cc(Oc2ccncc2CNC2CC2)ccc1Cl. The molecule has 21 heavy (non-hydrogen) atoms. The van der Waals surface area contributed by atoms with Gasteiger partial charge in [0.2, 0.25) is 0 Å². The van der Waals surface area contributed by atoms with E-state index in [0.717, 1.165) is 40.6 Å². The lowest BCUT2D eigenvalue weighted by Crippen LogP contribution is -2.15. The third kappa shape index (κ3) is 3.74. The smallest absolute Gasteiger partial charge is 0.134 e. The minimum absolute atomic E-state index is 0.667. The summed E-state index contributed by atoms with van der Waals surface area (Å²) in [6.07, 6.45) is 7.05. The van der Waals surface area contributed by atoms with E-state index in [1.54, 1.807) is 6.20 Å². The number of aryl methyl sites for hydroxylation is 1. The highest BCUT2D eigenvalue weighted by molar-refractivity contribution is 6.31. The van der Waals surface area contributed by atoms with Crippen molar-refractivity contribution >= 4 is 11.6 Å². The summed E-state index contributed by atoms with van der Waals surface area (Å²) >= 11 is 6.15. The zero-order valence-electron chi connectivity index (χ0n) is 12.1. The van der Waals surface area contributed by atoms with Crippen LogP contribution in [0.1, 0.15) is 30.9 Å². The summed E-state index contributed by atoms with van der Waals surface area (Å²) in [5.74, 6) is 1.66. The molecule has 0 amide bonds. The highest BCUT2D eigenvalue weighted by atomic mass is 35.5. The topological polar surface area (TPSA) is 34.1 Å². The van der Waals surface area contributed by atoms with Crippen molar-refractivity contribution in [3.8, 4) is 11.5 Å². The summed E-state index contributed by atoms with van der Waals surface area (Å²) in [6.45, 7) is 2.88. The van der Waals surface area contributed by atoms with Gasteiger partial charge in [0.1, 0.15) is 11.5 Å². The van der Waals surface area contributed by atoms with Crippen molar-refractivity contribution in [1.82, 2.24) is 10.3 Å². The van der Waals surface area contributed by atoms with E-state index in [0.29, 0.717) is 6.04 Å². The number of halogens is 1. The Hall–Kier alpha value is -1.58. The molecule has 1 aliphatic rings. The molecule has 0 spiro atoms. The van der Waals surface area contributed by atoms with Gasteiger partial charge in [0.15, 0.2) is 0 Å². The van der Waals surface area contributed by atoms with Crippen molar-refractivity contribution in [2.24, 2.45) is 0 Å². The largest absolute Gasteiger partial charge is 0.457 e. The zero-order valence-corrected chi connectivity index (χ0v) is 12.9. The summed E-state index contributed by atoms with van der Waals surface area (Å²) in [6, 6.07) is 8.37. The Bertz CT molecular complexity index is 626. The van der Waals surface area contributed by atoms with Crippen LogP contribution in [-0.2, 0) is 13.0 Å². The van der Waals surface area contributed by atoms with E-state index in [1.165, 1.54) is 12.8 Å². The number of hydrogen-bond acceptors (Lipinski definition) is 3. The van der Waals surface area contributed by atoms with Crippen LogP contribution in [0.25, 0.3) is 0 Å². The fraction of sp³-hybridized carbons (Fsp3) is 0.353. The number of rotatable bonds is 6. The van der Waals surface area contributed by atoms with Crippen LogP contribution in [-0.4, -0.2) is 11.0 Å². The zero-order chi connectivity index (χ0) is 14.7. The van der Waals surface area contributed by atoms with Gasteiger partial charge in [0.25, 0.3) is 0 Å². The molecule has 110 valence electrons. The van der Waals surface area contributed by atoms with Gasteiger partial charge in [-0.3, -0.25) is 4.98 Å². The number of pyridine rings is 1. The molecule has 1 aromatic heterocycles. The molecular formula is C17H19ClN2O. The van der Waals surface area contributed by atoms with E-state index in [4.69, 9.17) is 16.3 Å². The maximum atomic E-state index is 6.15. The summed E-state index contributed by atoms with van der Waals surface area (Å²) in [5.41, 5.74) is 2.18. The quantitative estimate of drug-likeness (QED) is 0.862. The molecule has 1 aliphatic carbocycles. The average molecular weight is 303 g/mol. The van der Waals surface area contributed by atoms with Gasteiger partial charge < -0.3 is 10.1 Å². The van der Waals surface area contributed by atoms with Crippen LogP contribution in [0, 0.1) is 0 Å². The van der Waals surface area contributed by atoms with Gasteiger partial charge in [-0.25, -0.2) is 0 Å². The number of aromatic nitrogens is 1. The second-order valence-corrected chi connectivity index (χ2v) is 5.75. The van der Waals surface area contributed by atoms with Crippen molar-refractivity contribution in [3.63, 3.8) is 0 Å². The first-order chi connectivity index (χ1) is 10.3. The lowest BCUT2D eigenvalue weighted by molar-refractivity contribution is 0.471. The van der Waals surface area contributed by atoms with Crippen LogP contribution in [0.2, 0.25) is 5.02 Å². The predicted molar refractivity (Wildman–Crippen MR) is 85.0 cm³/mol. The number of benzene rings is 1. The molecule has 0 bridgehead atoms. The highest BCUT2D eigenvalue weighted by Crippen LogP contribution is 2.29. The van der Waals surface area contributed by atoms with Gasteiger partial charge in [0.05, 0.1) is 0 Å². The van der Waals surface area contributed by atoms with Crippen molar-refractivity contribution in [2.45, 2.75) is 38.8 Å². The van der Waals surface area contributed by atoms with Crippen molar-refractivity contribution < 1.29 is 4.74 Å². The van der Waals surface area contributed by atoms with E-state index in [2.05, 4.69) is 17.2 Å². The monoisotopic (exact) mass is 302 g/mol. The first kappa shape index (κ1) is 14.4. The summed E-state index contributed by atoms with van der Waals surface area (Å²) in [4.78, 5) is 4.19. The minimum atomic E-state index is 0.667. The molecule has 3 nitrogen and oxygen atoms in total. The van der Waals surface area contributed by atoms with E-state index in [9.17, 15) is 0 Å². The number of nitrogens with one attached hydrogen (secondary N) is 1. The fourth-order valence-electron chi connectivity index (χ4n) is 2.20.